The minimum absolute atomic E-state index is 0.516. The number of halogens is 1. The van der Waals surface area contributed by atoms with Crippen molar-refractivity contribution < 1.29 is 0 Å². The lowest BCUT2D eigenvalue weighted by atomic mass is 10.3. The van der Waals surface area contributed by atoms with Gasteiger partial charge >= 0.3 is 0 Å². The first-order valence-corrected chi connectivity index (χ1v) is 5.71. The van der Waals surface area contributed by atoms with Crippen LogP contribution in [0.4, 0.5) is 0 Å². The molecule has 0 saturated heterocycles. The summed E-state index contributed by atoms with van der Waals surface area (Å²) in [5.41, 5.74) is 1.12. The van der Waals surface area contributed by atoms with Crippen LogP contribution in [-0.2, 0) is 5.75 Å². The number of rotatable bonds is 3. The fourth-order valence-corrected chi connectivity index (χ4v) is 1.98. The summed E-state index contributed by atoms with van der Waals surface area (Å²) in [6.45, 7) is 0. The van der Waals surface area contributed by atoms with Gasteiger partial charge in [0.1, 0.15) is 5.15 Å². The summed E-state index contributed by atoms with van der Waals surface area (Å²) in [5.74, 6) is 0.798. The van der Waals surface area contributed by atoms with Gasteiger partial charge in [0.15, 0.2) is 5.16 Å². The third-order valence-electron chi connectivity index (χ3n) is 1.70. The zero-order valence-electron chi connectivity index (χ0n) is 7.80. The molecule has 2 aromatic heterocycles. The van der Waals surface area contributed by atoms with E-state index < -0.39 is 0 Å². The molecule has 0 radical (unpaired) electrons. The van der Waals surface area contributed by atoms with E-state index in [1.54, 1.807) is 36.4 Å². The molecule has 0 amide bonds. The van der Waals surface area contributed by atoms with Crippen LogP contribution in [0, 0.1) is 0 Å². The van der Waals surface area contributed by atoms with Gasteiger partial charge in [-0.25, -0.2) is 15.0 Å². The molecule has 2 rings (SSSR count). The first-order valence-electron chi connectivity index (χ1n) is 4.35. The number of hydrogen-bond donors (Lipinski definition) is 0. The highest BCUT2D eigenvalue weighted by atomic mass is 35.5. The van der Waals surface area contributed by atoms with Crippen molar-refractivity contribution in [1.82, 2.24) is 15.0 Å². The normalized spacial score (nSPS) is 10.2. The summed E-state index contributed by atoms with van der Waals surface area (Å²) in [6.07, 6.45) is 5.16. The molecule has 3 nitrogen and oxygen atoms in total. The fraction of sp³-hybridized carbons (Fsp3) is 0.100. The van der Waals surface area contributed by atoms with Crippen LogP contribution in [-0.4, -0.2) is 15.0 Å². The number of nitrogens with zero attached hydrogens (tertiary/aromatic N) is 3. The molecule has 0 atom stereocenters. The van der Waals surface area contributed by atoms with Crippen LogP contribution >= 0.6 is 23.4 Å². The van der Waals surface area contributed by atoms with Gasteiger partial charge in [0.05, 0.1) is 0 Å². The lowest BCUT2D eigenvalue weighted by Crippen LogP contribution is -1.86. The molecule has 0 fully saturated rings. The van der Waals surface area contributed by atoms with Crippen molar-refractivity contribution in [2.45, 2.75) is 10.9 Å². The van der Waals surface area contributed by atoms with Crippen molar-refractivity contribution in [2.24, 2.45) is 0 Å². The highest BCUT2D eigenvalue weighted by Gasteiger charge is 1.98. The summed E-state index contributed by atoms with van der Waals surface area (Å²) >= 11 is 7.35. The van der Waals surface area contributed by atoms with E-state index in [1.165, 1.54) is 0 Å². The highest BCUT2D eigenvalue weighted by Crippen LogP contribution is 2.19. The highest BCUT2D eigenvalue weighted by molar-refractivity contribution is 7.98. The smallest absolute Gasteiger partial charge is 0.187 e. The zero-order valence-corrected chi connectivity index (χ0v) is 9.37. The summed E-state index contributed by atoms with van der Waals surface area (Å²) in [5, 5.41) is 1.28. The van der Waals surface area contributed by atoms with Gasteiger partial charge in [-0.2, -0.15) is 0 Å². The van der Waals surface area contributed by atoms with Gasteiger partial charge in [-0.15, -0.1) is 0 Å². The zero-order chi connectivity index (χ0) is 10.5. The molecule has 0 aliphatic rings. The first kappa shape index (κ1) is 10.4. The Morgan fingerprint density at radius 1 is 1.13 bits per heavy atom. The van der Waals surface area contributed by atoms with Crippen molar-refractivity contribution >= 4 is 23.4 Å². The maximum absolute atomic E-state index is 5.77. The second kappa shape index (κ2) is 5.09. The lowest BCUT2D eigenvalue weighted by Gasteiger charge is -1.99. The third kappa shape index (κ3) is 3.18. The van der Waals surface area contributed by atoms with Crippen LogP contribution in [0.2, 0.25) is 5.15 Å². The van der Waals surface area contributed by atoms with Crippen LogP contribution < -0.4 is 0 Å². The number of aromatic nitrogens is 3. The second-order valence-electron chi connectivity index (χ2n) is 2.81. The second-order valence-corrected chi connectivity index (χ2v) is 4.14. The first-order chi connectivity index (χ1) is 7.34. The molecule has 76 valence electrons. The van der Waals surface area contributed by atoms with Gasteiger partial charge in [0.2, 0.25) is 0 Å². The summed E-state index contributed by atoms with van der Waals surface area (Å²) < 4.78 is 0. The van der Waals surface area contributed by atoms with Crippen LogP contribution in [0.25, 0.3) is 0 Å². The average molecular weight is 238 g/mol. The van der Waals surface area contributed by atoms with E-state index in [2.05, 4.69) is 15.0 Å². The lowest BCUT2D eigenvalue weighted by molar-refractivity contribution is 0.966. The van der Waals surface area contributed by atoms with Crippen molar-refractivity contribution in [3.05, 3.63) is 47.5 Å². The molecule has 0 N–H and O–H groups in total. The fourth-order valence-electron chi connectivity index (χ4n) is 1.04. The summed E-state index contributed by atoms with van der Waals surface area (Å²) in [6, 6.07) is 5.58. The van der Waals surface area contributed by atoms with Crippen molar-refractivity contribution in [2.75, 3.05) is 0 Å². The van der Waals surface area contributed by atoms with Gasteiger partial charge in [0.25, 0.3) is 0 Å². The predicted molar refractivity (Wildman–Crippen MR) is 60.8 cm³/mol. The molecule has 0 spiro atoms. The minimum atomic E-state index is 0.516. The van der Waals surface area contributed by atoms with E-state index in [1.807, 2.05) is 12.1 Å². The van der Waals surface area contributed by atoms with E-state index in [-0.39, 0.29) is 0 Å². The van der Waals surface area contributed by atoms with Gasteiger partial charge in [0, 0.05) is 24.3 Å². The van der Waals surface area contributed by atoms with Crippen molar-refractivity contribution in [3.63, 3.8) is 0 Å². The van der Waals surface area contributed by atoms with Crippen molar-refractivity contribution in [1.29, 1.82) is 0 Å². The van der Waals surface area contributed by atoms with Crippen LogP contribution in [0.5, 0.6) is 0 Å². The van der Waals surface area contributed by atoms with E-state index >= 15 is 0 Å². The third-order valence-corrected chi connectivity index (χ3v) is 2.85. The maximum atomic E-state index is 5.77. The molecule has 0 aliphatic carbocycles. The van der Waals surface area contributed by atoms with Gasteiger partial charge in [-0.1, -0.05) is 23.4 Å². The van der Waals surface area contributed by atoms with E-state index in [4.69, 9.17) is 11.6 Å². The van der Waals surface area contributed by atoms with Crippen LogP contribution in [0.15, 0.2) is 41.9 Å². The van der Waals surface area contributed by atoms with E-state index in [0.29, 0.717) is 5.15 Å². The molecule has 0 unspecified atom stereocenters. The number of hydrogen-bond acceptors (Lipinski definition) is 4. The Hall–Kier alpha value is -1.13. The number of thioether (sulfide) groups is 1. The predicted octanol–water partition coefficient (Wildman–Crippen LogP) is 2.82. The summed E-state index contributed by atoms with van der Waals surface area (Å²) in [7, 11) is 0. The average Bonchev–Trinajstić information content (AvgIpc) is 2.28. The summed E-state index contributed by atoms with van der Waals surface area (Å²) in [4.78, 5) is 12.2. The van der Waals surface area contributed by atoms with Gasteiger partial charge in [-0.05, 0) is 23.8 Å². The SMILES string of the molecule is Clc1cc(CSc2ncccn2)ccn1. The minimum Gasteiger partial charge on any atom is -0.245 e. The Morgan fingerprint density at radius 2 is 1.93 bits per heavy atom. The largest absolute Gasteiger partial charge is 0.245 e. The molecule has 0 bridgehead atoms. The quantitative estimate of drug-likeness (QED) is 0.468. The number of pyridine rings is 1. The molecule has 0 aliphatic heterocycles. The Bertz CT molecular complexity index is 436. The molecule has 2 heterocycles. The van der Waals surface area contributed by atoms with Gasteiger partial charge < -0.3 is 0 Å². The Balaban J connectivity index is 1.99. The Kier molecular flexibility index (Phi) is 3.53. The molecule has 15 heavy (non-hydrogen) atoms. The van der Waals surface area contributed by atoms with Gasteiger partial charge in [-0.3, -0.25) is 0 Å². The molecular formula is C10H8ClN3S. The van der Waals surface area contributed by atoms with E-state index in [0.717, 1.165) is 16.5 Å². The molecule has 5 heteroatoms. The monoisotopic (exact) mass is 237 g/mol. The molecule has 0 aromatic carbocycles. The van der Waals surface area contributed by atoms with Crippen molar-refractivity contribution in [3.8, 4) is 0 Å². The Morgan fingerprint density at radius 3 is 2.67 bits per heavy atom. The van der Waals surface area contributed by atoms with E-state index in [9.17, 15) is 0 Å². The molecule has 2 aromatic rings. The van der Waals surface area contributed by atoms with Crippen LogP contribution in [0.1, 0.15) is 5.56 Å². The maximum Gasteiger partial charge on any atom is 0.187 e. The Labute approximate surface area is 96.9 Å². The molecular weight excluding hydrogens is 230 g/mol. The van der Waals surface area contributed by atoms with Crippen LogP contribution in [0.3, 0.4) is 0 Å². The topological polar surface area (TPSA) is 38.7 Å². The molecule has 0 saturated carbocycles. The standard InChI is InChI=1S/C10H8ClN3S/c11-9-6-8(2-5-12-9)7-15-10-13-3-1-4-14-10/h1-6H,7H2.